The van der Waals surface area contributed by atoms with Crippen molar-refractivity contribution in [2.75, 3.05) is 6.54 Å². The Morgan fingerprint density at radius 3 is 2.23 bits per heavy atom. The average molecular weight is 802 g/mol. The molecule has 5 aliphatic heterocycles. The van der Waals surface area contributed by atoms with Gasteiger partial charge in [-0.1, -0.05) is 67.4 Å². The van der Waals surface area contributed by atoms with Crippen LogP contribution in [0.25, 0.3) is 0 Å². The normalized spacial score (nSPS) is 44.9. The van der Waals surface area contributed by atoms with Crippen molar-refractivity contribution in [3.8, 4) is 12.3 Å². The maximum Gasteiger partial charge on any atom is 0.309 e. The van der Waals surface area contributed by atoms with E-state index in [9.17, 15) is 24.9 Å². The van der Waals surface area contributed by atoms with E-state index < -0.39 is 76.3 Å². The van der Waals surface area contributed by atoms with E-state index in [4.69, 9.17) is 30.1 Å². The van der Waals surface area contributed by atoms with Crippen LogP contribution in [0.3, 0.4) is 0 Å². The van der Waals surface area contributed by atoms with Crippen molar-refractivity contribution in [3.05, 3.63) is 12.2 Å². The fraction of sp³-hybridized carbons (Fsp3) is 0.870. The molecule has 11 heteroatoms. The van der Waals surface area contributed by atoms with Crippen LogP contribution in [0.4, 0.5) is 0 Å². The Morgan fingerprint density at radius 1 is 0.947 bits per heavy atom. The second kappa shape index (κ2) is 17.6. The summed E-state index contributed by atoms with van der Waals surface area (Å²) in [6, 6.07) is -0.364. The van der Waals surface area contributed by atoms with Crippen LogP contribution in [0.2, 0.25) is 0 Å². The molecule has 0 aromatic carbocycles. The van der Waals surface area contributed by atoms with E-state index in [0.717, 1.165) is 12.8 Å². The van der Waals surface area contributed by atoms with Gasteiger partial charge in [0.25, 0.3) is 0 Å². The van der Waals surface area contributed by atoms with Crippen molar-refractivity contribution in [2.45, 2.75) is 205 Å². The average Bonchev–Trinajstić information content (AvgIpc) is 3.51. The van der Waals surface area contributed by atoms with Crippen molar-refractivity contribution in [2.24, 2.45) is 41.4 Å². The molecule has 4 fully saturated rings. The van der Waals surface area contributed by atoms with Gasteiger partial charge in [0.2, 0.25) is 0 Å². The van der Waals surface area contributed by atoms with Gasteiger partial charge >= 0.3 is 5.97 Å². The highest BCUT2D eigenvalue weighted by molar-refractivity contribution is 5.84. The molecule has 0 aliphatic carbocycles. The molecule has 14 unspecified atom stereocenters. The van der Waals surface area contributed by atoms with Gasteiger partial charge in [-0.05, 0) is 96.5 Å². The Bertz CT molecular complexity index is 1500. The first-order chi connectivity index (χ1) is 26.7. The van der Waals surface area contributed by atoms with Crippen LogP contribution in [0.15, 0.2) is 12.2 Å². The number of hydrogen-bond donors (Lipinski definition) is 4. The van der Waals surface area contributed by atoms with Crippen molar-refractivity contribution < 1.29 is 48.6 Å². The summed E-state index contributed by atoms with van der Waals surface area (Å²) in [5.41, 5.74) is -2.38. The minimum Gasteiger partial charge on any atom is -0.481 e. The predicted octanol–water partition coefficient (Wildman–Crippen LogP) is 6.81. The van der Waals surface area contributed by atoms with Crippen molar-refractivity contribution >= 4 is 11.8 Å². The Kier molecular flexibility index (Phi) is 14.3. The highest BCUT2D eigenvalue weighted by Gasteiger charge is 2.63. The van der Waals surface area contributed by atoms with Crippen LogP contribution >= 0.6 is 0 Å². The standard InChI is InChI=1S/C46H75NO10/c1-13-25-47-36-19-22-45(57-46(36)24-23-42(11,56-46)37-20-21-44(52,16-4)32(10)53-37)29(7)26-27(5)40(55-45)34(15-3)39(49)30(8)38(48)31(9)43(12)28(6)17-18-35(54-43)33(14-2)41(50)51/h1,19,22,27-38,40,47-48,52H,14-18,20-21,23-26H2,2-12H3,(H,50,51)/t27-,28?,29+,30-,31?,32?,33?,34?,35?,36?,37?,38?,40?,42?,43?,44?,45-,46?/m0/s1. The summed E-state index contributed by atoms with van der Waals surface area (Å²) in [5.74, 6) is -2.85. The minimum atomic E-state index is -1.18. The Balaban J connectivity index is 1.37. The zero-order chi connectivity index (χ0) is 42.3. The Hall–Kier alpha value is -1.88. The minimum absolute atomic E-state index is 0.0257. The molecule has 0 bridgehead atoms. The van der Waals surface area contributed by atoms with Gasteiger partial charge in [0.05, 0.1) is 65.8 Å². The lowest BCUT2D eigenvalue weighted by Gasteiger charge is -2.55. The molecule has 0 aromatic heterocycles. The first-order valence-electron chi connectivity index (χ1n) is 22.1. The third kappa shape index (κ3) is 8.55. The van der Waals surface area contributed by atoms with Gasteiger partial charge < -0.3 is 39.0 Å². The molecule has 11 nitrogen and oxygen atoms in total. The fourth-order valence-electron chi connectivity index (χ4n) is 11.1. The topological polar surface area (TPSA) is 153 Å². The summed E-state index contributed by atoms with van der Waals surface area (Å²) in [4.78, 5) is 26.7. The number of carbonyl (C=O) groups excluding carboxylic acids is 1. The molecule has 57 heavy (non-hydrogen) atoms. The molecular formula is C46H75NO10. The lowest BCUT2D eigenvalue weighted by atomic mass is 9.68. The summed E-state index contributed by atoms with van der Waals surface area (Å²) >= 11 is 0. The molecule has 0 aromatic rings. The second-order valence-electron chi connectivity index (χ2n) is 19.1. The molecule has 5 heterocycles. The summed E-state index contributed by atoms with van der Waals surface area (Å²) in [5, 5.41) is 36.5. The van der Waals surface area contributed by atoms with E-state index >= 15 is 0 Å². The number of nitrogens with one attached hydrogen (secondary N) is 1. The van der Waals surface area contributed by atoms with Gasteiger partial charge in [-0.15, -0.1) is 6.42 Å². The number of aliphatic hydroxyl groups is 2. The largest absolute Gasteiger partial charge is 0.481 e. The van der Waals surface area contributed by atoms with Crippen LogP contribution in [0, 0.1) is 53.8 Å². The zero-order valence-electron chi connectivity index (χ0n) is 36.7. The fourth-order valence-corrected chi connectivity index (χ4v) is 11.1. The molecule has 5 rings (SSSR count). The molecule has 4 saturated heterocycles. The van der Waals surface area contributed by atoms with Gasteiger partial charge in [-0.2, -0.15) is 0 Å². The number of aliphatic carboxylic acids is 1. The van der Waals surface area contributed by atoms with Crippen LogP contribution in [0.5, 0.6) is 0 Å². The van der Waals surface area contributed by atoms with Crippen molar-refractivity contribution in [1.82, 2.24) is 5.32 Å². The number of carboxylic acids is 1. The molecule has 0 amide bonds. The zero-order valence-corrected chi connectivity index (χ0v) is 36.7. The summed E-state index contributed by atoms with van der Waals surface area (Å²) in [6.45, 7) is 22.2. The number of terminal acetylenes is 1. The Morgan fingerprint density at radius 2 is 1.63 bits per heavy atom. The third-order valence-corrected chi connectivity index (χ3v) is 15.7. The van der Waals surface area contributed by atoms with E-state index in [1.807, 2.05) is 47.6 Å². The molecule has 18 atom stereocenters. The van der Waals surface area contributed by atoms with Gasteiger partial charge in [-0.25, -0.2) is 0 Å². The summed E-state index contributed by atoms with van der Waals surface area (Å²) in [6.07, 6.45) is 13.5. The first-order valence-corrected chi connectivity index (χ1v) is 22.1. The first kappa shape index (κ1) is 46.2. The van der Waals surface area contributed by atoms with E-state index in [1.54, 1.807) is 6.92 Å². The van der Waals surface area contributed by atoms with E-state index in [0.29, 0.717) is 57.9 Å². The third-order valence-electron chi connectivity index (χ3n) is 15.7. The maximum atomic E-state index is 14.7. The number of ether oxygens (including phenoxy) is 5. The Labute approximate surface area is 342 Å². The lowest BCUT2D eigenvalue weighted by molar-refractivity contribution is -0.398. The van der Waals surface area contributed by atoms with Crippen LogP contribution in [-0.4, -0.2) is 98.6 Å². The predicted molar refractivity (Wildman–Crippen MR) is 218 cm³/mol. The molecule has 4 N–H and O–H groups in total. The van der Waals surface area contributed by atoms with Crippen LogP contribution in [0.1, 0.15) is 140 Å². The van der Waals surface area contributed by atoms with Gasteiger partial charge in [0.15, 0.2) is 11.6 Å². The van der Waals surface area contributed by atoms with Crippen LogP contribution in [-0.2, 0) is 33.3 Å². The maximum absolute atomic E-state index is 14.7. The smallest absolute Gasteiger partial charge is 0.309 e. The quantitative estimate of drug-likeness (QED) is 0.108. The molecule has 2 spiro atoms. The number of Topliss-reactive ketones (excluding diaryl/α,β-unsaturated/α-hetero) is 1. The SMILES string of the molecule is C#CCNC1C=C[C@]2(OC(C(CC)C(=O)[C@@H](C)C(O)C(C)C3(C)OC(C(CC)C(=O)O)CCC3C)[C@@H](C)C[C@H]2C)OC12CCC(C)(C1CCC(O)(CC)C(C)O1)O2. The van der Waals surface area contributed by atoms with Crippen molar-refractivity contribution in [1.29, 1.82) is 0 Å². The van der Waals surface area contributed by atoms with E-state index in [2.05, 4.69) is 45.0 Å². The monoisotopic (exact) mass is 802 g/mol. The molecule has 0 saturated carbocycles. The molecular weight excluding hydrogens is 727 g/mol. The van der Waals surface area contributed by atoms with Gasteiger partial charge in [-0.3, -0.25) is 14.9 Å². The second-order valence-corrected chi connectivity index (χ2v) is 19.1. The number of carbonyl (C=O) groups is 2. The number of hydrogen-bond acceptors (Lipinski definition) is 10. The number of rotatable bonds is 14. The molecule has 5 aliphatic rings. The van der Waals surface area contributed by atoms with E-state index in [-0.39, 0.29) is 41.8 Å². The molecule has 0 radical (unpaired) electrons. The van der Waals surface area contributed by atoms with Gasteiger partial charge in [0, 0.05) is 30.1 Å². The summed E-state index contributed by atoms with van der Waals surface area (Å²) < 4.78 is 34.6. The highest BCUT2D eigenvalue weighted by Crippen LogP contribution is 2.54. The highest BCUT2D eigenvalue weighted by atomic mass is 16.8. The summed E-state index contributed by atoms with van der Waals surface area (Å²) in [7, 11) is 0. The number of aliphatic hydroxyl groups excluding tert-OH is 1. The lowest BCUT2D eigenvalue weighted by Crippen LogP contribution is -2.65. The number of carboxylic acid groups (broad SMARTS) is 1. The van der Waals surface area contributed by atoms with Crippen LogP contribution < -0.4 is 5.32 Å². The number of ketones is 1. The molecule has 324 valence electrons. The van der Waals surface area contributed by atoms with Gasteiger partial charge in [0.1, 0.15) is 5.78 Å². The van der Waals surface area contributed by atoms with E-state index in [1.165, 1.54) is 0 Å². The van der Waals surface area contributed by atoms with Crippen molar-refractivity contribution in [3.63, 3.8) is 0 Å².